The smallest absolute Gasteiger partial charge is 0.247 e. The largest absolute Gasteiger partial charge is 0.487 e. The average molecular weight is 496 g/mol. The molecule has 1 aromatic heterocycles. The van der Waals surface area contributed by atoms with Crippen molar-refractivity contribution in [1.29, 1.82) is 0 Å². The molecule has 0 bridgehead atoms. The number of sulfonamides is 1. The van der Waals surface area contributed by atoms with Crippen LogP contribution in [0.5, 0.6) is 5.75 Å². The lowest BCUT2D eigenvalue weighted by Crippen LogP contribution is -2.49. The predicted octanol–water partition coefficient (Wildman–Crippen LogP) is 3.65. The van der Waals surface area contributed by atoms with Gasteiger partial charge in [0.05, 0.1) is 6.61 Å². The van der Waals surface area contributed by atoms with Crippen LogP contribution in [0.3, 0.4) is 0 Å². The van der Waals surface area contributed by atoms with Crippen molar-refractivity contribution >= 4 is 10.0 Å². The highest BCUT2D eigenvalue weighted by Crippen LogP contribution is 2.36. The van der Waals surface area contributed by atoms with Gasteiger partial charge in [-0.2, -0.15) is 4.31 Å². The quantitative estimate of drug-likeness (QED) is 0.539. The number of fused-ring (bicyclic) bond motifs is 1. The summed E-state index contributed by atoms with van der Waals surface area (Å²) in [5.41, 5.74) is 2.97. The second-order valence-electron chi connectivity index (χ2n) is 9.33. The van der Waals surface area contributed by atoms with Crippen LogP contribution in [0.25, 0.3) is 11.1 Å². The first kappa shape index (κ1) is 25.3. The maximum atomic E-state index is 13.7. The fraction of sp³-hybridized carbons (Fsp3) is 0.370. The second-order valence-corrected chi connectivity index (χ2v) is 11.2. The minimum absolute atomic E-state index is 0.108. The second kappa shape index (κ2) is 10.9. The first-order chi connectivity index (χ1) is 16.8. The molecule has 0 saturated heterocycles. The third-order valence-corrected chi connectivity index (χ3v) is 8.46. The summed E-state index contributed by atoms with van der Waals surface area (Å²) >= 11 is 0. The van der Waals surface area contributed by atoms with Crippen molar-refractivity contribution in [3.05, 3.63) is 78.6 Å². The van der Waals surface area contributed by atoms with E-state index < -0.39 is 16.1 Å². The van der Waals surface area contributed by atoms with Crippen LogP contribution >= 0.6 is 0 Å². The predicted molar refractivity (Wildman–Crippen MR) is 136 cm³/mol. The number of rotatable bonds is 7. The molecule has 3 aromatic rings. The van der Waals surface area contributed by atoms with Crippen molar-refractivity contribution in [2.24, 2.45) is 5.92 Å². The zero-order chi connectivity index (χ0) is 25.0. The lowest BCUT2D eigenvalue weighted by Gasteiger charge is -2.37. The molecule has 1 unspecified atom stereocenters. The molecule has 8 heteroatoms. The number of hydrogen-bond acceptors (Lipinski definition) is 6. The topological polar surface area (TPSA) is 83.0 Å². The summed E-state index contributed by atoms with van der Waals surface area (Å²) < 4.78 is 35.2. The number of nitrogens with zero attached hydrogens (tertiary/aromatic N) is 3. The lowest BCUT2D eigenvalue weighted by molar-refractivity contribution is 0.0734. The van der Waals surface area contributed by atoms with Gasteiger partial charge in [-0.3, -0.25) is 9.88 Å². The lowest BCUT2D eigenvalue weighted by atomic mass is 10.0. The van der Waals surface area contributed by atoms with Gasteiger partial charge in [0.2, 0.25) is 10.0 Å². The van der Waals surface area contributed by atoms with E-state index in [0.29, 0.717) is 18.8 Å². The zero-order valence-corrected chi connectivity index (χ0v) is 21.2. The molecule has 35 heavy (non-hydrogen) atoms. The number of ether oxygens (including phenoxy) is 1. The Balaban J connectivity index is 1.72. The highest BCUT2D eigenvalue weighted by Gasteiger charge is 2.38. The van der Waals surface area contributed by atoms with Crippen molar-refractivity contribution in [1.82, 2.24) is 14.2 Å². The SMILES string of the molecule is CC(CO)N1C[C@@H](C)[C@H](CN(C)Cc2cccnc2)Oc2cc(-c3ccccc3)ccc2S1(=O)=O. The third-order valence-electron chi connectivity index (χ3n) is 6.44. The van der Waals surface area contributed by atoms with E-state index >= 15 is 0 Å². The van der Waals surface area contributed by atoms with Crippen LogP contribution in [0, 0.1) is 5.92 Å². The molecular weight excluding hydrogens is 462 g/mol. The maximum absolute atomic E-state index is 13.7. The molecule has 186 valence electrons. The van der Waals surface area contributed by atoms with Gasteiger partial charge in [0.15, 0.2) is 0 Å². The van der Waals surface area contributed by atoms with Crippen LogP contribution in [0.4, 0.5) is 0 Å². The molecule has 1 N–H and O–H groups in total. The molecular formula is C27H33N3O4S. The monoisotopic (exact) mass is 495 g/mol. The molecule has 0 fully saturated rings. The van der Waals surface area contributed by atoms with Gasteiger partial charge in [-0.15, -0.1) is 0 Å². The van der Waals surface area contributed by atoms with Crippen molar-refractivity contribution < 1.29 is 18.3 Å². The molecule has 0 aliphatic carbocycles. The fourth-order valence-electron chi connectivity index (χ4n) is 4.43. The van der Waals surface area contributed by atoms with Gasteiger partial charge in [0.1, 0.15) is 16.7 Å². The molecule has 2 aromatic carbocycles. The number of pyridine rings is 1. The third kappa shape index (κ3) is 5.73. The Bertz CT molecular complexity index is 1220. The van der Waals surface area contributed by atoms with E-state index in [2.05, 4.69) is 9.88 Å². The minimum atomic E-state index is -3.86. The first-order valence-corrected chi connectivity index (χ1v) is 13.3. The van der Waals surface area contributed by atoms with Gasteiger partial charge < -0.3 is 9.84 Å². The molecule has 1 aliphatic rings. The Morgan fingerprint density at radius 1 is 1.14 bits per heavy atom. The number of likely N-dealkylation sites (N-methyl/N-ethyl adjacent to an activating group) is 1. The van der Waals surface area contributed by atoms with Crippen LogP contribution in [0.15, 0.2) is 78.0 Å². The Morgan fingerprint density at radius 3 is 2.60 bits per heavy atom. The van der Waals surface area contributed by atoms with Crippen LogP contribution in [-0.2, 0) is 16.6 Å². The first-order valence-electron chi connectivity index (χ1n) is 11.9. The number of hydrogen-bond donors (Lipinski definition) is 1. The molecule has 4 rings (SSSR count). The Labute approximate surface area is 208 Å². The number of aromatic nitrogens is 1. The molecule has 3 atom stereocenters. The van der Waals surface area contributed by atoms with E-state index in [1.165, 1.54) is 4.31 Å². The van der Waals surface area contributed by atoms with E-state index in [0.717, 1.165) is 16.7 Å². The molecule has 0 saturated carbocycles. The van der Waals surface area contributed by atoms with E-state index in [-0.39, 0.29) is 30.1 Å². The standard InChI is InChI=1S/C27H33N3O4S/c1-20-16-30(21(2)19-31)35(32,33)27-12-11-24(23-9-5-4-6-10-23)14-25(27)34-26(20)18-29(3)17-22-8-7-13-28-15-22/h4-15,20-21,26,31H,16-19H2,1-3H3/t20-,21?,26+/m1/s1. The summed E-state index contributed by atoms with van der Waals surface area (Å²) in [6.45, 7) is 5.04. The maximum Gasteiger partial charge on any atom is 0.247 e. The molecule has 0 radical (unpaired) electrons. The fourth-order valence-corrected chi connectivity index (χ4v) is 6.25. The summed E-state index contributed by atoms with van der Waals surface area (Å²) in [4.78, 5) is 6.49. The minimum Gasteiger partial charge on any atom is -0.487 e. The van der Waals surface area contributed by atoms with Gasteiger partial charge in [-0.1, -0.05) is 49.4 Å². The molecule has 0 amide bonds. The summed E-state index contributed by atoms with van der Waals surface area (Å²) in [7, 11) is -1.84. The van der Waals surface area contributed by atoms with Gasteiger partial charge in [0.25, 0.3) is 0 Å². The van der Waals surface area contributed by atoms with Crippen LogP contribution < -0.4 is 4.74 Å². The highest BCUT2D eigenvalue weighted by atomic mass is 32.2. The van der Waals surface area contributed by atoms with Gasteiger partial charge in [0, 0.05) is 44.0 Å². The van der Waals surface area contributed by atoms with E-state index in [1.807, 2.05) is 74.8 Å². The Kier molecular flexibility index (Phi) is 7.86. The van der Waals surface area contributed by atoms with Gasteiger partial charge in [-0.25, -0.2) is 8.42 Å². The van der Waals surface area contributed by atoms with Crippen molar-refractivity contribution in [2.45, 2.75) is 37.4 Å². The normalized spacial score (nSPS) is 20.9. The van der Waals surface area contributed by atoms with Crippen molar-refractivity contribution in [3.63, 3.8) is 0 Å². The molecule has 7 nitrogen and oxygen atoms in total. The van der Waals surface area contributed by atoms with Crippen molar-refractivity contribution in [3.8, 4) is 16.9 Å². The Hall–Kier alpha value is -2.78. The molecule has 0 spiro atoms. The molecule has 1 aliphatic heterocycles. The van der Waals surface area contributed by atoms with E-state index in [4.69, 9.17) is 4.74 Å². The summed E-state index contributed by atoms with van der Waals surface area (Å²) in [5, 5.41) is 9.83. The highest BCUT2D eigenvalue weighted by molar-refractivity contribution is 7.89. The van der Waals surface area contributed by atoms with Crippen LogP contribution in [-0.4, -0.2) is 66.6 Å². The van der Waals surface area contributed by atoms with Gasteiger partial charge in [-0.05, 0) is 48.9 Å². The number of aliphatic hydroxyl groups excluding tert-OH is 1. The van der Waals surface area contributed by atoms with Gasteiger partial charge >= 0.3 is 0 Å². The van der Waals surface area contributed by atoms with Crippen LogP contribution in [0.2, 0.25) is 0 Å². The van der Waals surface area contributed by atoms with Crippen molar-refractivity contribution in [2.75, 3.05) is 26.7 Å². The molecule has 2 heterocycles. The van der Waals surface area contributed by atoms with E-state index in [1.54, 1.807) is 19.2 Å². The summed E-state index contributed by atoms with van der Waals surface area (Å²) in [6.07, 6.45) is 3.34. The van der Waals surface area contributed by atoms with Crippen LogP contribution in [0.1, 0.15) is 19.4 Å². The summed E-state index contributed by atoms with van der Waals surface area (Å²) in [6, 6.07) is 18.5. The summed E-state index contributed by atoms with van der Waals surface area (Å²) in [5.74, 6) is 0.233. The number of aliphatic hydroxyl groups is 1. The number of benzene rings is 2. The Morgan fingerprint density at radius 2 is 1.91 bits per heavy atom. The average Bonchev–Trinajstić information content (AvgIpc) is 2.86. The van der Waals surface area contributed by atoms with E-state index in [9.17, 15) is 13.5 Å². The zero-order valence-electron chi connectivity index (χ0n) is 20.4.